The predicted molar refractivity (Wildman–Crippen MR) is 78.4 cm³/mol. The van der Waals surface area contributed by atoms with Crippen molar-refractivity contribution in [1.82, 2.24) is 19.9 Å². The number of carbonyl (C=O) groups excluding carboxylic acids is 1. The van der Waals surface area contributed by atoms with Gasteiger partial charge in [-0.2, -0.15) is 0 Å². The summed E-state index contributed by atoms with van der Waals surface area (Å²) in [5, 5.41) is 16.9. The minimum atomic E-state index is -1.05. The Hall–Kier alpha value is -2.90. The van der Waals surface area contributed by atoms with Crippen LogP contribution in [0.25, 0.3) is 0 Å². The van der Waals surface area contributed by atoms with Crippen molar-refractivity contribution < 1.29 is 19.4 Å². The first-order valence-electron chi connectivity index (χ1n) is 7.21. The molecule has 1 aliphatic heterocycles. The maximum atomic E-state index is 12.2. The number of aromatic nitrogens is 3. The number of carboxylic acid groups (broad SMARTS) is 1. The highest BCUT2D eigenvalue weighted by molar-refractivity contribution is 5.80. The zero-order valence-electron chi connectivity index (χ0n) is 12.3. The van der Waals surface area contributed by atoms with Gasteiger partial charge in [0.05, 0.1) is 12.2 Å². The van der Waals surface area contributed by atoms with Crippen LogP contribution in [0, 0.1) is 0 Å². The number of ether oxygens (including phenoxy) is 1. The molecule has 1 N–H and O–H groups in total. The largest absolute Gasteiger partial charge is 0.480 e. The van der Waals surface area contributed by atoms with Crippen molar-refractivity contribution in [3.63, 3.8) is 0 Å². The first-order chi connectivity index (χ1) is 11.1. The van der Waals surface area contributed by atoms with E-state index in [4.69, 9.17) is 4.74 Å². The molecule has 0 aliphatic carbocycles. The van der Waals surface area contributed by atoms with E-state index in [1.807, 2.05) is 30.3 Å². The number of amides is 1. The molecule has 3 rings (SSSR count). The summed E-state index contributed by atoms with van der Waals surface area (Å²) < 4.78 is 6.81. The van der Waals surface area contributed by atoms with Crippen LogP contribution in [0.4, 0.5) is 4.79 Å². The summed E-state index contributed by atoms with van der Waals surface area (Å²) in [4.78, 5) is 24.9. The summed E-state index contributed by atoms with van der Waals surface area (Å²) in [6, 6.07) is 8.10. The van der Waals surface area contributed by atoms with Crippen LogP contribution < -0.4 is 0 Å². The standard InChI is InChI=1S/C15H16N4O4/c20-14(21)13-8-12(19-7-6-16-17-19)9-18(13)15(22)23-10-11-4-2-1-3-5-11/h1-7,12-13H,8-10H2,(H,20,21)/t12-,13-/m0/s1. The van der Waals surface area contributed by atoms with Gasteiger partial charge in [-0.05, 0) is 5.56 Å². The molecule has 2 atom stereocenters. The number of benzene rings is 1. The number of hydrogen-bond acceptors (Lipinski definition) is 5. The molecular formula is C15H16N4O4. The summed E-state index contributed by atoms with van der Waals surface area (Å²) in [6.07, 6.45) is 2.82. The maximum absolute atomic E-state index is 12.2. The third-order valence-corrected chi connectivity index (χ3v) is 3.82. The molecule has 8 nitrogen and oxygen atoms in total. The third-order valence-electron chi connectivity index (χ3n) is 3.82. The number of aliphatic carboxylic acids is 1. The molecule has 0 bridgehead atoms. The zero-order valence-corrected chi connectivity index (χ0v) is 12.3. The Bertz CT molecular complexity index is 674. The van der Waals surface area contributed by atoms with Gasteiger partial charge in [-0.15, -0.1) is 5.10 Å². The van der Waals surface area contributed by atoms with E-state index in [-0.39, 0.29) is 25.6 Å². The van der Waals surface area contributed by atoms with Gasteiger partial charge in [0.25, 0.3) is 0 Å². The van der Waals surface area contributed by atoms with Gasteiger partial charge >= 0.3 is 12.1 Å². The molecule has 2 heterocycles. The molecule has 2 aromatic rings. The highest BCUT2D eigenvalue weighted by Crippen LogP contribution is 2.27. The van der Waals surface area contributed by atoms with Gasteiger partial charge in [-0.3, -0.25) is 4.90 Å². The monoisotopic (exact) mass is 316 g/mol. The molecule has 0 saturated carbocycles. The smallest absolute Gasteiger partial charge is 0.410 e. The number of carboxylic acids is 1. The Kier molecular flexibility index (Phi) is 4.22. The number of rotatable bonds is 4. The van der Waals surface area contributed by atoms with Gasteiger partial charge in [0.15, 0.2) is 0 Å². The highest BCUT2D eigenvalue weighted by Gasteiger charge is 2.41. The average molecular weight is 316 g/mol. The second-order valence-electron chi connectivity index (χ2n) is 5.32. The third kappa shape index (κ3) is 3.31. The van der Waals surface area contributed by atoms with Crippen LogP contribution in [-0.2, 0) is 16.1 Å². The second-order valence-corrected chi connectivity index (χ2v) is 5.32. The van der Waals surface area contributed by atoms with E-state index in [1.54, 1.807) is 10.9 Å². The van der Waals surface area contributed by atoms with E-state index >= 15 is 0 Å². The van der Waals surface area contributed by atoms with Crippen LogP contribution in [0.3, 0.4) is 0 Å². The van der Waals surface area contributed by atoms with Gasteiger partial charge in [-0.25, -0.2) is 14.3 Å². The highest BCUT2D eigenvalue weighted by atomic mass is 16.6. The molecule has 1 fully saturated rings. The summed E-state index contributed by atoms with van der Waals surface area (Å²) in [7, 11) is 0. The van der Waals surface area contributed by atoms with E-state index < -0.39 is 18.1 Å². The quantitative estimate of drug-likeness (QED) is 0.913. The Morgan fingerprint density at radius 3 is 2.74 bits per heavy atom. The van der Waals surface area contributed by atoms with Crippen LogP contribution >= 0.6 is 0 Å². The van der Waals surface area contributed by atoms with Crippen molar-refractivity contribution >= 4 is 12.1 Å². The lowest BCUT2D eigenvalue weighted by Crippen LogP contribution is -2.40. The minimum Gasteiger partial charge on any atom is -0.480 e. The summed E-state index contributed by atoms with van der Waals surface area (Å²) in [6.45, 7) is 0.338. The fourth-order valence-electron chi connectivity index (χ4n) is 2.66. The second kappa shape index (κ2) is 6.47. The van der Waals surface area contributed by atoms with Crippen LogP contribution in [0.5, 0.6) is 0 Å². The van der Waals surface area contributed by atoms with Crippen molar-refractivity contribution in [2.75, 3.05) is 6.54 Å². The molecule has 120 valence electrons. The predicted octanol–water partition coefficient (Wildman–Crippen LogP) is 1.31. The Morgan fingerprint density at radius 2 is 2.09 bits per heavy atom. The SMILES string of the molecule is O=C(O)[C@@H]1C[C@H](n2ccnn2)CN1C(=O)OCc1ccccc1. The molecule has 1 aromatic carbocycles. The molecule has 1 amide bonds. The number of nitrogens with zero attached hydrogens (tertiary/aromatic N) is 4. The lowest BCUT2D eigenvalue weighted by molar-refractivity contribution is -0.141. The van der Waals surface area contributed by atoms with E-state index in [2.05, 4.69) is 10.3 Å². The van der Waals surface area contributed by atoms with Crippen molar-refractivity contribution in [2.24, 2.45) is 0 Å². The van der Waals surface area contributed by atoms with Gasteiger partial charge in [0.2, 0.25) is 0 Å². The summed E-state index contributed by atoms with van der Waals surface area (Å²) in [5.41, 5.74) is 0.847. The molecular weight excluding hydrogens is 300 g/mol. The fourth-order valence-corrected chi connectivity index (χ4v) is 2.66. The lowest BCUT2D eigenvalue weighted by Gasteiger charge is -2.20. The van der Waals surface area contributed by atoms with Gasteiger partial charge in [-0.1, -0.05) is 35.5 Å². The van der Waals surface area contributed by atoms with Crippen LogP contribution in [0.2, 0.25) is 0 Å². The Labute approximate surface area is 132 Å². The number of likely N-dealkylation sites (tertiary alicyclic amines) is 1. The zero-order chi connectivity index (χ0) is 16.2. The van der Waals surface area contributed by atoms with Crippen molar-refractivity contribution in [2.45, 2.75) is 25.1 Å². The van der Waals surface area contributed by atoms with E-state index in [1.165, 1.54) is 11.1 Å². The van der Waals surface area contributed by atoms with Crippen LogP contribution in [0.15, 0.2) is 42.7 Å². The lowest BCUT2D eigenvalue weighted by atomic mass is 10.2. The fraction of sp³-hybridized carbons (Fsp3) is 0.333. The van der Waals surface area contributed by atoms with E-state index in [0.717, 1.165) is 5.56 Å². The van der Waals surface area contributed by atoms with Gasteiger partial charge in [0, 0.05) is 19.2 Å². The van der Waals surface area contributed by atoms with Crippen LogP contribution in [0.1, 0.15) is 18.0 Å². The maximum Gasteiger partial charge on any atom is 0.410 e. The normalized spacial score (nSPS) is 20.4. The topological polar surface area (TPSA) is 97.5 Å². The van der Waals surface area contributed by atoms with E-state index in [9.17, 15) is 14.7 Å². The number of hydrogen-bond donors (Lipinski definition) is 1. The van der Waals surface area contributed by atoms with Crippen molar-refractivity contribution in [3.05, 3.63) is 48.3 Å². The molecule has 1 aromatic heterocycles. The Balaban J connectivity index is 1.66. The average Bonchev–Trinajstić information content (AvgIpc) is 3.22. The molecule has 1 saturated heterocycles. The summed E-state index contributed by atoms with van der Waals surface area (Å²) >= 11 is 0. The first-order valence-corrected chi connectivity index (χ1v) is 7.21. The van der Waals surface area contributed by atoms with Crippen molar-refractivity contribution in [3.8, 4) is 0 Å². The number of carbonyl (C=O) groups is 2. The Morgan fingerprint density at radius 1 is 1.30 bits per heavy atom. The minimum absolute atomic E-state index is 0.108. The van der Waals surface area contributed by atoms with E-state index in [0.29, 0.717) is 0 Å². The van der Waals surface area contributed by atoms with Crippen molar-refractivity contribution in [1.29, 1.82) is 0 Å². The van der Waals surface area contributed by atoms with Crippen LogP contribution in [-0.4, -0.2) is 49.6 Å². The summed E-state index contributed by atoms with van der Waals surface area (Å²) in [5.74, 6) is -1.05. The molecule has 8 heteroatoms. The molecule has 0 spiro atoms. The molecule has 1 aliphatic rings. The molecule has 0 unspecified atom stereocenters. The first kappa shape index (κ1) is 15.0. The van der Waals surface area contributed by atoms with Gasteiger partial charge < -0.3 is 9.84 Å². The van der Waals surface area contributed by atoms with Gasteiger partial charge in [0.1, 0.15) is 12.6 Å². The molecule has 0 radical (unpaired) electrons. The molecule has 23 heavy (non-hydrogen) atoms.